The van der Waals surface area contributed by atoms with Gasteiger partial charge in [-0.3, -0.25) is 0 Å². The highest BCUT2D eigenvalue weighted by Crippen LogP contribution is 2.34. The molecule has 0 radical (unpaired) electrons. The summed E-state index contributed by atoms with van der Waals surface area (Å²) in [6.07, 6.45) is 3.32. The van der Waals surface area contributed by atoms with E-state index >= 15 is 0 Å². The predicted octanol–water partition coefficient (Wildman–Crippen LogP) is 5.29. The first-order valence-electron chi connectivity index (χ1n) is 7.70. The summed E-state index contributed by atoms with van der Waals surface area (Å²) in [6.45, 7) is 6.58. The van der Waals surface area contributed by atoms with Crippen molar-refractivity contribution in [2.75, 3.05) is 13.1 Å². The van der Waals surface area contributed by atoms with Crippen LogP contribution in [-0.4, -0.2) is 13.1 Å². The van der Waals surface area contributed by atoms with Crippen LogP contribution >= 0.6 is 22.9 Å². The monoisotopic (exact) mass is 321 g/mol. The van der Waals surface area contributed by atoms with Crippen molar-refractivity contribution in [2.24, 2.45) is 0 Å². The number of benzene rings is 1. The summed E-state index contributed by atoms with van der Waals surface area (Å²) in [5, 5.41) is 3.62. The van der Waals surface area contributed by atoms with Crippen LogP contribution in [0.2, 0.25) is 4.34 Å². The molecule has 114 valence electrons. The van der Waals surface area contributed by atoms with Gasteiger partial charge in [-0.2, -0.15) is 0 Å². The van der Waals surface area contributed by atoms with Crippen LogP contribution in [0.15, 0.2) is 42.5 Å². The predicted molar refractivity (Wildman–Crippen MR) is 94.6 cm³/mol. The van der Waals surface area contributed by atoms with Crippen LogP contribution < -0.4 is 5.32 Å². The Morgan fingerprint density at radius 2 is 1.86 bits per heavy atom. The van der Waals surface area contributed by atoms with E-state index in [0.29, 0.717) is 0 Å². The molecule has 1 aromatic heterocycles. The molecule has 1 nitrogen and oxygen atoms in total. The van der Waals surface area contributed by atoms with Gasteiger partial charge in [0.1, 0.15) is 0 Å². The molecule has 0 aliphatic heterocycles. The van der Waals surface area contributed by atoms with E-state index in [4.69, 9.17) is 11.6 Å². The van der Waals surface area contributed by atoms with Crippen LogP contribution in [0, 0.1) is 0 Å². The molecule has 1 aromatic carbocycles. The molecular weight excluding hydrogens is 298 g/mol. The molecule has 2 rings (SSSR count). The molecule has 1 N–H and O–H groups in total. The second kappa shape index (κ2) is 7.98. The van der Waals surface area contributed by atoms with E-state index in [1.165, 1.54) is 16.9 Å². The minimum atomic E-state index is 0.143. The van der Waals surface area contributed by atoms with Crippen molar-refractivity contribution in [3.8, 4) is 0 Å². The van der Waals surface area contributed by atoms with Crippen molar-refractivity contribution in [1.82, 2.24) is 5.32 Å². The number of hydrogen-bond donors (Lipinski definition) is 1. The molecule has 3 heteroatoms. The zero-order valence-electron chi connectivity index (χ0n) is 12.9. The van der Waals surface area contributed by atoms with Crippen molar-refractivity contribution in [3.05, 3.63) is 57.2 Å². The van der Waals surface area contributed by atoms with E-state index < -0.39 is 0 Å². The third kappa shape index (κ3) is 4.32. The van der Waals surface area contributed by atoms with E-state index in [9.17, 15) is 0 Å². The van der Waals surface area contributed by atoms with Crippen LogP contribution in [0.1, 0.15) is 37.1 Å². The topological polar surface area (TPSA) is 12.0 Å². The van der Waals surface area contributed by atoms with Crippen molar-refractivity contribution in [3.63, 3.8) is 0 Å². The van der Waals surface area contributed by atoms with Gasteiger partial charge >= 0.3 is 0 Å². The molecule has 0 aliphatic rings. The standard InChI is InChI=1S/C18H24ClNS/c1-3-12-20-14-18(4-2,15-8-6-5-7-9-15)13-16-10-11-17(19)21-16/h5-11,20H,3-4,12-14H2,1-2H3. The van der Waals surface area contributed by atoms with E-state index in [-0.39, 0.29) is 5.41 Å². The molecular formula is C18H24ClNS. The fourth-order valence-electron chi connectivity index (χ4n) is 2.80. The number of rotatable bonds is 8. The van der Waals surface area contributed by atoms with Crippen molar-refractivity contribution in [2.45, 2.75) is 38.5 Å². The molecule has 0 saturated heterocycles. The van der Waals surface area contributed by atoms with Gasteiger partial charge < -0.3 is 5.32 Å². The first-order valence-corrected chi connectivity index (χ1v) is 8.90. The van der Waals surface area contributed by atoms with Gasteiger partial charge in [-0.25, -0.2) is 0 Å². The normalized spacial score (nSPS) is 14.0. The summed E-state index contributed by atoms with van der Waals surface area (Å²) in [5.74, 6) is 0. The molecule has 0 spiro atoms. The largest absolute Gasteiger partial charge is 0.316 e. The van der Waals surface area contributed by atoms with E-state index in [2.05, 4.69) is 55.6 Å². The smallest absolute Gasteiger partial charge is 0.0931 e. The van der Waals surface area contributed by atoms with E-state index in [1.807, 2.05) is 6.07 Å². The molecule has 0 amide bonds. The minimum absolute atomic E-state index is 0.143. The SMILES string of the molecule is CCCNCC(CC)(Cc1ccc(Cl)s1)c1ccccc1. The molecule has 0 saturated carbocycles. The van der Waals surface area contributed by atoms with Gasteiger partial charge in [-0.15, -0.1) is 11.3 Å². The van der Waals surface area contributed by atoms with Gasteiger partial charge in [0.25, 0.3) is 0 Å². The molecule has 0 aliphatic carbocycles. The van der Waals surface area contributed by atoms with E-state index in [0.717, 1.165) is 30.3 Å². The zero-order valence-corrected chi connectivity index (χ0v) is 14.4. The lowest BCUT2D eigenvalue weighted by atomic mass is 9.75. The lowest BCUT2D eigenvalue weighted by Gasteiger charge is -2.34. The number of hydrogen-bond acceptors (Lipinski definition) is 2. The zero-order chi connectivity index (χ0) is 15.1. The fourth-order valence-corrected chi connectivity index (χ4v) is 4.03. The second-order valence-electron chi connectivity index (χ2n) is 5.56. The third-order valence-corrected chi connectivity index (χ3v) is 5.33. The molecule has 2 aromatic rings. The number of halogens is 1. The highest BCUT2D eigenvalue weighted by atomic mass is 35.5. The lowest BCUT2D eigenvalue weighted by Crippen LogP contribution is -2.39. The molecule has 1 unspecified atom stereocenters. The minimum Gasteiger partial charge on any atom is -0.316 e. The summed E-state index contributed by atoms with van der Waals surface area (Å²) in [5.41, 5.74) is 1.56. The van der Waals surface area contributed by atoms with Crippen LogP contribution in [0.3, 0.4) is 0 Å². The lowest BCUT2D eigenvalue weighted by molar-refractivity contribution is 0.380. The maximum Gasteiger partial charge on any atom is 0.0931 e. The van der Waals surface area contributed by atoms with Crippen molar-refractivity contribution < 1.29 is 0 Å². The third-order valence-electron chi connectivity index (χ3n) is 4.09. The first-order chi connectivity index (χ1) is 10.2. The van der Waals surface area contributed by atoms with Gasteiger partial charge in [0.2, 0.25) is 0 Å². The Morgan fingerprint density at radius 3 is 2.43 bits per heavy atom. The first kappa shape index (κ1) is 16.5. The van der Waals surface area contributed by atoms with Gasteiger partial charge in [0.15, 0.2) is 0 Å². The summed E-state index contributed by atoms with van der Waals surface area (Å²) in [7, 11) is 0. The fraction of sp³-hybridized carbons (Fsp3) is 0.444. The average Bonchev–Trinajstić information content (AvgIpc) is 2.92. The Kier molecular flexibility index (Phi) is 6.28. The Balaban J connectivity index is 2.27. The maximum atomic E-state index is 6.11. The summed E-state index contributed by atoms with van der Waals surface area (Å²) in [6, 6.07) is 15.1. The Morgan fingerprint density at radius 1 is 1.10 bits per heavy atom. The van der Waals surface area contributed by atoms with E-state index in [1.54, 1.807) is 11.3 Å². The molecule has 0 fully saturated rings. The van der Waals surface area contributed by atoms with Gasteiger partial charge in [0, 0.05) is 16.8 Å². The average molecular weight is 322 g/mol. The van der Waals surface area contributed by atoms with Crippen molar-refractivity contribution >= 4 is 22.9 Å². The second-order valence-corrected chi connectivity index (χ2v) is 7.36. The van der Waals surface area contributed by atoms with Crippen LogP contribution in [0.5, 0.6) is 0 Å². The highest BCUT2D eigenvalue weighted by molar-refractivity contribution is 7.16. The molecule has 21 heavy (non-hydrogen) atoms. The summed E-state index contributed by atoms with van der Waals surface area (Å²) >= 11 is 7.81. The number of nitrogens with one attached hydrogen (secondary N) is 1. The summed E-state index contributed by atoms with van der Waals surface area (Å²) in [4.78, 5) is 1.36. The van der Waals surface area contributed by atoms with Gasteiger partial charge in [-0.1, -0.05) is 55.8 Å². The molecule has 0 bridgehead atoms. The van der Waals surface area contributed by atoms with Crippen LogP contribution in [0.4, 0.5) is 0 Å². The molecule has 1 heterocycles. The number of thiophene rings is 1. The maximum absolute atomic E-state index is 6.11. The Hall–Kier alpha value is -0.830. The van der Waals surface area contributed by atoms with Crippen LogP contribution in [0.25, 0.3) is 0 Å². The van der Waals surface area contributed by atoms with Gasteiger partial charge in [0.05, 0.1) is 4.34 Å². The molecule has 1 atom stereocenters. The highest BCUT2D eigenvalue weighted by Gasteiger charge is 2.30. The summed E-state index contributed by atoms with van der Waals surface area (Å²) < 4.78 is 0.879. The van der Waals surface area contributed by atoms with Crippen LogP contribution in [-0.2, 0) is 11.8 Å². The Labute approximate surface area is 137 Å². The van der Waals surface area contributed by atoms with Gasteiger partial charge in [-0.05, 0) is 43.5 Å². The Bertz CT molecular complexity index is 537. The van der Waals surface area contributed by atoms with Crippen molar-refractivity contribution in [1.29, 1.82) is 0 Å². The quantitative estimate of drug-likeness (QED) is 0.651.